The van der Waals surface area contributed by atoms with E-state index in [2.05, 4.69) is 0 Å². The number of sulfonamides is 1. The summed E-state index contributed by atoms with van der Waals surface area (Å²) in [6.07, 6.45) is 0. The van der Waals surface area contributed by atoms with Crippen LogP contribution in [0.3, 0.4) is 0 Å². The van der Waals surface area contributed by atoms with Gasteiger partial charge in [0, 0.05) is 17.3 Å². The molecule has 7 heteroatoms. The summed E-state index contributed by atoms with van der Waals surface area (Å²) in [5.74, 6) is -0.130. The van der Waals surface area contributed by atoms with E-state index in [1.165, 1.54) is 42.6 Å². The van der Waals surface area contributed by atoms with Gasteiger partial charge in [-0.05, 0) is 30.3 Å². The van der Waals surface area contributed by atoms with Crippen molar-refractivity contribution in [2.45, 2.75) is 10.8 Å². The highest BCUT2D eigenvalue weighted by Gasteiger charge is 2.22. The Balaban J connectivity index is 2.36. The SMILES string of the molecule is CN(c1ccc(F)cc1)S(=O)(=O)c1csc(CCl)c1. The van der Waals surface area contributed by atoms with Gasteiger partial charge in [0.1, 0.15) is 5.82 Å². The summed E-state index contributed by atoms with van der Waals surface area (Å²) < 4.78 is 38.6. The number of thiophene rings is 1. The van der Waals surface area contributed by atoms with E-state index < -0.39 is 15.8 Å². The third kappa shape index (κ3) is 2.91. The molecule has 0 bridgehead atoms. The summed E-state index contributed by atoms with van der Waals surface area (Å²) in [5.41, 5.74) is 0.403. The minimum Gasteiger partial charge on any atom is -0.269 e. The molecule has 1 aromatic heterocycles. The number of alkyl halides is 1. The van der Waals surface area contributed by atoms with Gasteiger partial charge in [0.25, 0.3) is 10.0 Å². The molecule has 0 aliphatic carbocycles. The number of anilines is 1. The van der Waals surface area contributed by atoms with Crippen LogP contribution in [0.4, 0.5) is 10.1 Å². The third-order valence-corrected chi connectivity index (χ3v) is 5.91. The number of rotatable bonds is 4. The van der Waals surface area contributed by atoms with Gasteiger partial charge in [0.05, 0.1) is 16.5 Å². The first-order valence-corrected chi connectivity index (χ1v) is 8.18. The molecule has 0 saturated heterocycles. The molecule has 102 valence electrons. The zero-order chi connectivity index (χ0) is 14.0. The Kier molecular flexibility index (Phi) is 4.13. The highest BCUT2D eigenvalue weighted by atomic mass is 35.5. The van der Waals surface area contributed by atoms with E-state index in [0.717, 1.165) is 9.18 Å². The van der Waals surface area contributed by atoms with Gasteiger partial charge in [0.15, 0.2) is 0 Å². The fraction of sp³-hybridized carbons (Fsp3) is 0.167. The van der Waals surface area contributed by atoms with Crippen LogP contribution in [0, 0.1) is 5.82 Å². The molecule has 0 spiro atoms. The van der Waals surface area contributed by atoms with E-state index >= 15 is 0 Å². The lowest BCUT2D eigenvalue weighted by molar-refractivity contribution is 0.594. The van der Waals surface area contributed by atoms with Gasteiger partial charge in [-0.3, -0.25) is 4.31 Å². The number of benzene rings is 1. The highest BCUT2D eigenvalue weighted by molar-refractivity contribution is 7.93. The van der Waals surface area contributed by atoms with Crippen molar-refractivity contribution in [2.75, 3.05) is 11.4 Å². The molecule has 0 saturated carbocycles. The summed E-state index contributed by atoms with van der Waals surface area (Å²) in [6.45, 7) is 0. The molecule has 19 heavy (non-hydrogen) atoms. The molecule has 0 unspecified atom stereocenters. The predicted molar refractivity (Wildman–Crippen MR) is 75.9 cm³/mol. The molecular weight excluding hydrogens is 309 g/mol. The van der Waals surface area contributed by atoms with E-state index in [0.29, 0.717) is 5.69 Å². The van der Waals surface area contributed by atoms with Crippen LogP contribution in [0.25, 0.3) is 0 Å². The van der Waals surface area contributed by atoms with Crippen LogP contribution in [-0.4, -0.2) is 15.5 Å². The zero-order valence-corrected chi connectivity index (χ0v) is 12.4. The predicted octanol–water partition coefficient (Wildman–Crippen LogP) is 3.45. The summed E-state index contributed by atoms with van der Waals surface area (Å²) in [5, 5.41) is 1.55. The lowest BCUT2D eigenvalue weighted by Gasteiger charge is -2.18. The van der Waals surface area contributed by atoms with Gasteiger partial charge in [-0.2, -0.15) is 0 Å². The van der Waals surface area contributed by atoms with Crippen LogP contribution in [0.1, 0.15) is 4.88 Å². The van der Waals surface area contributed by atoms with Crippen LogP contribution in [0.5, 0.6) is 0 Å². The molecule has 0 fully saturated rings. The number of hydrogen-bond acceptors (Lipinski definition) is 3. The molecule has 2 rings (SSSR count). The first-order chi connectivity index (χ1) is 8.95. The number of nitrogens with zero attached hydrogens (tertiary/aromatic N) is 1. The number of hydrogen-bond donors (Lipinski definition) is 0. The largest absolute Gasteiger partial charge is 0.269 e. The fourth-order valence-electron chi connectivity index (χ4n) is 1.51. The summed E-state index contributed by atoms with van der Waals surface area (Å²) in [4.78, 5) is 0.979. The van der Waals surface area contributed by atoms with Crippen molar-refractivity contribution >= 4 is 38.6 Å². The average Bonchev–Trinajstić information content (AvgIpc) is 2.88. The monoisotopic (exact) mass is 319 g/mol. The Morgan fingerprint density at radius 2 is 1.95 bits per heavy atom. The molecule has 0 N–H and O–H groups in total. The van der Waals surface area contributed by atoms with E-state index in [4.69, 9.17) is 11.6 Å². The van der Waals surface area contributed by atoms with Crippen LogP contribution in [-0.2, 0) is 15.9 Å². The summed E-state index contributed by atoms with van der Waals surface area (Å²) in [7, 11) is -2.20. The first kappa shape index (κ1) is 14.3. The van der Waals surface area contributed by atoms with E-state index in [1.54, 1.807) is 11.4 Å². The Morgan fingerprint density at radius 1 is 1.32 bits per heavy atom. The van der Waals surface area contributed by atoms with Crippen LogP contribution in [0.15, 0.2) is 40.6 Å². The first-order valence-electron chi connectivity index (χ1n) is 5.33. The van der Waals surface area contributed by atoms with Crippen LogP contribution >= 0.6 is 22.9 Å². The van der Waals surface area contributed by atoms with Crippen LogP contribution < -0.4 is 4.31 Å². The van der Waals surface area contributed by atoms with Gasteiger partial charge in [-0.15, -0.1) is 22.9 Å². The maximum Gasteiger partial charge on any atom is 0.264 e. The molecule has 0 aliphatic heterocycles. The average molecular weight is 320 g/mol. The zero-order valence-electron chi connectivity index (χ0n) is 10.0. The Hall–Kier alpha value is -1.11. The second kappa shape index (κ2) is 5.48. The summed E-state index contributed by atoms with van der Waals surface area (Å²) in [6, 6.07) is 6.83. The minimum absolute atomic E-state index is 0.194. The van der Waals surface area contributed by atoms with Crippen molar-refractivity contribution in [1.82, 2.24) is 0 Å². The molecule has 0 amide bonds. The Morgan fingerprint density at radius 3 is 2.47 bits per heavy atom. The van der Waals surface area contributed by atoms with Crippen LogP contribution in [0.2, 0.25) is 0 Å². The van der Waals surface area contributed by atoms with Crippen molar-refractivity contribution in [3.63, 3.8) is 0 Å². The van der Waals surface area contributed by atoms with E-state index in [9.17, 15) is 12.8 Å². The summed E-state index contributed by atoms with van der Waals surface area (Å²) >= 11 is 6.96. The molecule has 1 heterocycles. The van der Waals surface area contributed by atoms with Crippen molar-refractivity contribution in [3.05, 3.63) is 46.4 Å². The molecule has 3 nitrogen and oxygen atoms in total. The molecule has 1 aromatic carbocycles. The topological polar surface area (TPSA) is 37.4 Å². The molecule has 0 atom stereocenters. The standard InChI is InChI=1S/C12H11ClFNO2S2/c1-15(10-4-2-9(14)3-5-10)19(16,17)12-6-11(7-13)18-8-12/h2-6,8H,7H2,1H3. The van der Waals surface area contributed by atoms with Crippen molar-refractivity contribution in [2.24, 2.45) is 0 Å². The maximum atomic E-state index is 12.8. The lowest BCUT2D eigenvalue weighted by Crippen LogP contribution is -2.26. The van der Waals surface area contributed by atoms with Crippen molar-refractivity contribution < 1.29 is 12.8 Å². The lowest BCUT2D eigenvalue weighted by atomic mass is 10.3. The van der Waals surface area contributed by atoms with Crippen molar-refractivity contribution in [3.8, 4) is 0 Å². The Bertz CT molecular complexity index is 667. The van der Waals surface area contributed by atoms with E-state index in [-0.39, 0.29) is 10.8 Å². The van der Waals surface area contributed by atoms with Gasteiger partial charge < -0.3 is 0 Å². The van der Waals surface area contributed by atoms with Gasteiger partial charge in [0.2, 0.25) is 0 Å². The maximum absolute atomic E-state index is 12.8. The Labute approximate surface area is 120 Å². The van der Waals surface area contributed by atoms with E-state index in [1.807, 2.05) is 0 Å². The van der Waals surface area contributed by atoms with Gasteiger partial charge in [-0.1, -0.05) is 0 Å². The smallest absolute Gasteiger partial charge is 0.264 e. The normalized spacial score (nSPS) is 11.5. The molecule has 0 aliphatic rings. The molecule has 2 aromatic rings. The second-order valence-corrected chi connectivity index (χ2v) is 7.06. The quantitative estimate of drug-likeness (QED) is 0.809. The number of halogens is 2. The van der Waals surface area contributed by atoms with Crippen molar-refractivity contribution in [1.29, 1.82) is 0 Å². The molecule has 0 radical (unpaired) electrons. The fourth-order valence-corrected chi connectivity index (χ4v) is 4.09. The van der Waals surface area contributed by atoms with Gasteiger partial charge in [-0.25, -0.2) is 12.8 Å². The minimum atomic E-state index is -3.63. The highest BCUT2D eigenvalue weighted by Crippen LogP contribution is 2.26. The van der Waals surface area contributed by atoms with Gasteiger partial charge >= 0.3 is 0 Å². The molecular formula is C12H11ClFNO2S2. The second-order valence-electron chi connectivity index (χ2n) is 3.83. The third-order valence-electron chi connectivity index (χ3n) is 2.61.